The van der Waals surface area contributed by atoms with Gasteiger partial charge in [-0.25, -0.2) is 9.88 Å². The topological polar surface area (TPSA) is 79.0 Å². The minimum atomic E-state index is -0.558. The average Bonchev–Trinajstić information content (AvgIpc) is 3.33. The number of nitrogens with zero attached hydrogens (tertiary/aromatic N) is 3. The smallest absolute Gasteiger partial charge is 0.247 e. The lowest BCUT2D eigenvalue weighted by Gasteiger charge is -2.15. The van der Waals surface area contributed by atoms with Crippen molar-refractivity contribution in [3.05, 3.63) is 71.8 Å². The predicted molar refractivity (Wildman–Crippen MR) is 118 cm³/mol. The van der Waals surface area contributed by atoms with Gasteiger partial charge in [-0.05, 0) is 47.2 Å². The van der Waals surface area contributed by atoms with Gasteiger partial charge < -0.3 is 0 Å². The van der Waals surface area contributed by atoms with Crippen LogP contribution in [-0.4, -0.2) is 32.2 Å². The zero-order chi connectivity index (χ0) is 20.7. The third-order valence-corrected chi connectivity index (χ3v) is 6.22. The molecule has 1 fully saturated rings. The monoisotopic (exact) mass is 434 g/mol. The van der Waals surface area contributed by atoms with Gasteiger partial charge in [-0.2, -0.15) is 0 Å². The van der Waals surface area contributed by atoms with Crippen molar-refractivity contribution in [2.45, 2.75) is 16.8 Å². The van der Waals surface area contributed by atoms with Gasteiger partial charge in [-0.1, -0.05) is 53.7 Å². The summed E-state index contributed by atoms with van der Waals surface area (Å²) in [6, 6.07) is 20.6. The van der Waals surface area contributed by atoms with E-state index in [1.54, 1.807) is 18.2 Å². The summed E-state index contributed by atoms with van der Waals surface area (Å²) in [6.45, 7) is 0. The molecule has 1 unspecified atom stereocenters. The number of hydrogen-bond donors (Lipinski definition) is 1. The second-order valence-corrected chi connectivity index (χ2v) is 8.49. The van der Waals surface area contributed by atoms with Gasteiger partial charge in [0, 0.05) is 17.0 Å². The molecule has 0 saturated carbocycles. The molecule has 1 N–H and O–H groups in total. The van der Waals surface area contributed by atoms with Crippen molar-refractivity contribution in [3.8, 4) is 11.4 Å². The molecule has 0 aliphatic carbocycles. The van der Waals surface area contributed by atoms with E-state index in [1.165, 1.54) is 16.7 Å². The molecule has 0 bridgehead atoms. The third kappa shape index (κ3) is 3.46. The largest absolute Gasteiger partial charge is 0.274 e. The first kappa shape index (κ1) is 18.8. The third-order valence-electron chi connectivity index (χ3n) is 4.93. The lowest BCUT2D eigenvalue weighted by molar-refractivity contribution is -0.121. The SMILES string of the molecule is O=C1CC(Sc2n[nH]c(-c3ccc(Cl)cc3)n2)C(=O)N1c1ccc2ccccc2c1. The molecule has 5 rings (SSSR count). The number of benzene rings is 3. The molecule has 3 aromatic carbocycles. The van der Waals surface area contributed by atoms with E-state index in [9.17, 15) is 9.59 Å². The Hall–Kier alpha value is -3.16. The zero-order valence-corrected chi connectivity index (χ0v) is 17.2. The fourth-order valence-corrected chi connectivity index (χ4v) is 4.50. The summed E-state index contributed by atoms with van der Waals surface area (Å²) in [5, 5.41) is 9.60. The van der Waals surface area contributed by atoms with Crippen molar-refractivity contribution in [1.29, 1.82) is 0 Å². The van der Waals surface area contributed by atoms with Crippen molar-refractivity contribution < 1.29 is 9.59 Å². The van der Waals surface area contributed by atoms with E-state index < -0.39 is 5.25 Å². The summed E-state index contributed by atoms with van der Waals surface area (Å²) >= 11 is 7.11. The number of aromatic nitrogens is 3. The Morgan fingerprint density at radius 2 is 1.77 bits per heavy atom. The summed E-state index contributed by atoms with van der Waals surface area (Å²) in [4.78, 5) is 31.3. The number of rotatable bonds is 4. The van der Waals surface area contributed by atoms with Crippen molar-refractivity contribution in [3.63, 3.8) is 0 Å². The summed E-state index contributed by atoms with van der Waals surface area (Å²) in [5.74, 6) is 0.108. The quantitative estimate of drug-likeness (QED) is 0.471. The Morgan fingerprint density at radius 3 is 2.57 bits per heavy atom. The number of carbonyl (C=O) groups excluding carboxylic acids is 2. The Kier molecular flexibility index (Phi) is 4.77. The van der Waals surface area contributed by atoms with Gasteiger partial charge in [0.1, 0.15) is 5.25 Å². The van der Waals surface area contributed by atoms with E-state index >= 15 is 0 Å². The molecule has 2 amide bonds. The molecular formula is C22H15ClN4O2S. The van der Waals surface area contributed by atoms with Gasteiger partial charge in [-0.3, -0.25) is 14.7 Å². The first-order chi connectivity index (χ1) is 14.6. The van der Waals surface area contributed by atoms with E-state index in [0.29, 0.717) is 21.7 Å². The number of nitrogens with one attached hydrogen (secondary N) is 1. The molecule has 8 heteroatoms. The molecule has 1 atom stereocenters. The van der Waals surface area contributed by atoms with Crippen LogP contribution in [0, 0.1) is 0 Å². The van der Waals surface area contributed by atoms with Crippen LogP contribution in [0.5, 0.6) is 0 Å². The van der Waals surface area contributed by atoms with E-state index in [4.69, 9.17) is 11.6 Å². The maximum Gasteiger partial charge on any atom is 0.247 e. The summed E-state index contributed by atoms with van der Waals surface area (Å²) in [7, 11) is 0. The highest BCUT2D eigenvalue weighted by molar-refractivity contribution is 8.00. The predicted octanol–water partition coefficient (Wildman–Crippen LogP) is 4.70. The van der Waals surface area contributed by atoms with Crippen molar-refractivity contribution in [2.75, 3.05) is 4.90 Å². The van der Waals surface area contributed by atoms with Crippen LogP contribution in [0.1, 0.15) is 6.42 Å². The van der Waals surface area contributed by atoms with Crippen LogP contribution in [0.4, 0.5) is 5.69 Å². The number of amides is 2. The van der Waals surface area contributed by atoms with Gasteiger partial charge in [0.2, 0.25) is 17.0 Å². The van der Waals surface area contributed by atoms with Crippen LogP contribution in [-0.2, 0) is 9.59 Å². The number of fused-ring (bicyclic) bond motifs is 1. The molecule has 4 aromatic rings. The normalized spacial score (nSPS) is 16.6. The summed E-state index contributed by atoms with van der Waals surface area (Å²) in [6.07, 6.45) is 0.112. The molecule has 30 heavy (non-hydrogen) atoms. The molecule has 0 spiro atoms. The van der Waals surface area contributed by atoms with Gasteiger partial charge in [0.05, 0.1) is 5.69 Å². The highest BCUT2D eigenvalue weighted by Crippen LogP contribution is 2.34. The van der Waals surface area contributed by atoms with Crippen LogP contribution in [0.15, 0.2) is 71.9 Å². The Balaban J connectivity index is 1.36. The second kappa shape index (κ2) is 7.59. The van der Waals surface area contributed by atoms with Crippen LogP contribution in [0.3, 0.4) is 0 Å². The number of hydrogen-bond acceptors (Lipinski definition) is 5. The molecular weight excluding hydrogens is 420 g/mol. The lowest BCUT2D eigenvalue weighted by Crippen LogP contribution is -2.31. The molecule has 1 aliphatic rings. The Bertz CT molecular complexity index is 1270. The number of imide groups is 1. The van der Waals surface area contributed by atoms with Crippen molar-refractivity contribution >= 4 is 51.6 Å². The lowest BCUT2D eigenvalue weighted by atomic mass is 10.1. The number of aromatic amines is 1. The van der Waals surface area contributed by atoms with E-state index in [-0.39, 0.29) is 18.2 Å². The number of carbonyl (C=O) groups is 2. The zero-order valence-electron chi connectivity index (χ0n) is 15.6. The molecule has 6 nitrogen and oxygen atoms in total. The fraction of sp³-hybridized carbons (Fsp3) is 0.0909. The van der Waals surface area contributed by atoms with E-state index in [2.05, 4.69) is 15.2 Å². The highest BCUT2D eigenvalue weighted by Gasteiger charge is 2.40. The molecule has 1 aromatic heterocycles. The number of thioether (sulfide) groups is 1. The minimum Gasteiger partial charge on any atom is -0.274 e. The molecule has 0 radical (unpaired) electrons. The van der Waals surface area contributed by atoms with E-state index in [1.807, 2.05) is 48.5 Å². The van der Waals surface area contributed by atoms with E-state index in [0.717, 1.165) is 16.3 Å². The van der Waals surface area contributed by atoms with Crippen LogP contribution in [0.2, 0.25) is 5.02 Å². The Morgan fingerprint density at radius 1 is 1.00 bits per heavy atom. The van der Waals surface area contributed by atoms with Crippen LogP contribution < -0.4 is 4.90 Å². The number of H-pyrrole nitrogens is 1. The fourth-order valence-electron chi connectivity index (χ4n) is 3.45. The van der Waals surface area contributed by atoms with Crippen LogP contribution in [0.25, 0.3) is 22.2 Å². The Labute approximate surface area is 181 Å². The maximum absolute atomic E-state index is 13.0. The molecule has 2 heterocycles. The molecule has 1 saturated heterocycles. The van der Waals surface area contributed by atoms with Crippen molar-refractivity contribution in [1.82, 2.24) is 15.2 Å². The maximum atomic E-state index is 13.0. The standard InChI is InChI=1S/C22H15ClN4O2S/c23-16-8-5-14(6-9-16)20-24-22(26-25-20)30-18-12-19(28)27(21(18)29)17-10-7-13-3-1-2-4-15(13)11-17/h1-11,18H,12H2,(H,24,25,26). The molecule has 148 valence electrons. The first-order valence-corrected chi connectivity index (χ1v) is 10.5. The molecule has 1 aliphatic heterocycles. The first-order valence-electron chi connectivity index (χ1n) is 9.29. The minimum absolute atomic E-state index is 0.112. The van der Waals surface area contributed by atoms with Crippen molar-refractivity contribution in [2.24, 2.45) is 0 Å². The highest BCUT2D eigenvalue weighted by atomic mass is 35.5. The van der Waals surface area contributed by atoms with Crippen LogP contribution >= 0.6 is 23.4 Å². The summed E-state index contributed by atoms with van der Waals surface area (Å²) in [5.41, 5.74) is 1.43. The van der Waals surface area contributed by atoms with Gasteiger partial charge >= 0.3 is 0 Å². The number of halogens is 1. The number of anilines is 1. The van der Waals surface area contributed by atoms with Gasteiger partial charge in [0.15, 0.2) is 5.82 Å². The summed E-state index contributed by atoms with van der Waals surface area (Å²) < 4.78 is 0. The van der Waals surface area contributed by atoms with Gasteiger partial charge in [-0.15, -0.1) is 5.10 Å². The second-order valence-electron chi connectivity index (χ2n) is 6.88. The average molecular weight is 435 g/mol. The van der Waals surface area contributed by atoms with Gasteiger partial charge in [0.25, 0.3) is 0 Å².